The van der Waals surface area contributed by atoms with Gasteiger partial charge in [0.15, 0.2) is 10.3 Å². The van der Waals surface area contributed by atoms with Crippen LogP contribution >= 0.6 is 23.1 Å². The molecular formula is C12H15N5OS2. The van der Waals surface area contributed by atoms with E-state index in [1.807, 2.05) is 7.05 Å². The number of carbonyl (C=O) groups excluding carboxylic acids is 1. The summed E-state index contributed by atoms with van der Waals surface area (Å²) in [6, 6.07) is 0. The first kappa shape index (κ1) is 13.6. The lowest BCUT2D eigenvalue weighted by Crippen LogP contribution is -2.14. The maximum Gasteiger partial charge on any atom is 0.236 e. The zero-order chi connectivity index (χ0) is 13.9. The van der Waals surface area contributed by atoms with Crippen LogP contribution < -0.4 is 5.32 Å². The Morgan fingerprint density at radius 3 is 3.10 bits per heavy atom. The molecule has 1 aliphatic rings. The minimum absolute atomic E-state index is 0.0518. The highest BCUT2D eigenvalue weighted by Crippen LogP contribution is 2.29. The van der Waals surface area contributed by atoms with Crippen molar-refractivity contribution in [2.45, 2.75) is 30.8 Å². The summed E-state index contributed by atoms with van der Waals surface area (Å²) in [6.45, 7) is 0. The Labute approximate surface area is 125 Å². The van der Waals surface area contributed by atoms with Gasteiger partial charge < -0.3 is 9.88 Å². The molecule has 0 unspecified atom stereocenters. The third-order valence-electron chi connectivity index (χ3n) is 3.09. The van der Waals surface area contributed by atoms with E-state index in [-0.39, 0.29) is 5.91 Å². The lowest BCUT2D eigenvalue weighted by molar-refractivity contribution is -0.113. The fraction of sp³-hybridized carbons (Fsp3) is 0.500. The van der Waals surface area contributed by atoms with Gasteiger partial charge in [-0.2, -0.15) is 0 Å². The summed E-state index contributed by atoms with van der Waals surface area (Å²) in [4.78, 5) is 17.7. The molecule has 1 amide bonds. The summed E-state index contributed by atoms with van der Waals surface area (Å²) >= 11 is 2.97. The molecule has 1 N–H and O–H groups in total. The molecule has 6 nitrogen and oxygen atoms in total. The standard InChI is InChI=1S/C12H15N5OS2/c1-17-7-13-16-12(17)19-6-10(18)15-11-14-8-4-2-3-5-9(8)20-11/h7H,2-6H2,1H3,(H,14,15,18). The average molecular weight is 309 g/mol. The van der Waals surface area contributed by atoms with Gasteiger partial charge in [-0.1, -0.05) is 11.8 Å². The molecule has 106 valence electrons. The van der Waals surface area contributed by atoms with Crippen molar-refractivity contribution in [3.8, 4) is 0 Å². The molecular weight excluding hydrogens is 294 g/mol. The number of thioether (sulfide) groups is 1. The van der Waals surface area contributed by atoms with Crippen molar-refractivity contribution in [2.24, 2.45) is 7.05 Å². The van der Waals surface area contributed by atoms with Crippen molar-refractivity contribution >= 4 is 34.1 Å². The summed E-state index contributed by atoms with van der Waals surface area (Å²) in [5.74, 6) is 0.264. The van der Waals surface area contributed by atoms with E-state index in [0.29, 0.717) is 5.75 Å². The van der Waals surface area contributed by atoms with E-state index in [1.54, 1.807) is 22.2 Å². The summed E-state index contributed by atoms with van der Waals surface area (Å²) in [7, 11) is 1.86. The summed E-state index contributed by atoms with van der Waals surface area (Å²) in [5.41, 5.74) is 1.16. The Morgan fingerprint density at radius 2 is 2.35 bits per heavy atom. The number of aromatic nitrogens is 4. The second-order valence-corrected chi connectivity index (χ2v) is 6.68. The zero-order valence-electron chi connectivity index (χ0n) is 11.1. The van der Waals surface area contributed by atoms with Crippen LogP contribution in [-0.4, -0.2) is 31.4 Å². The SMILES string of the molecule is Cn1cnnc1SCC(=O)Nc1nc2c(s1)CCCC2. The highest BCUT2D eigenvalue weighted by atomic mass is 32.2. The number of carbonyl (C=O) groups is 1. The molecule has 0 atom stereocenters. The van der Waals surface area contributed by atoms with Gasteiger partial charge in [0.05, 0.1) is 11.4 Å². The average Bonchev–Trinajstić information content (AvgIpc) is 3.01. The lowest BCUT2D eigenvalue weighted by Gasteiger charge is -2.06. The minimum Gasteiger partial charge on any atom is -0.312 e. The van der Waals surface area contributed by atoms with Gasteiger partial charge in [0.1, 0.15) is 6.33 Å². The summed E-state index contributed by atoms with van der Waals surface area (Å²) in [6.07, 6.45) is 6.18. The molecule has 0 saturated heterocycles. The van der Waals surface area contributed by atoms with Crippen molar-refractivity contribution < 1.29 is 4.79 Å². The Morgan fingerprint density at radius 1 is 1.50 bits per heavy atom. The van der Waals surface area contributed by atoms with E-state index in [9.17, 15) is 4.79 Å². The number of aryl methyl sites for hydroxylation is 3. The van der Waals surface area contributed by atoms with Crippen LogP contribution in [-0.2, 0) is 24.7 Å². The second kappa shape index (κ2) is 5.92. The molecule has 2 heterocycles. The van der Waals surface area contributed by atoms with Gasteiger partial charge in [-0.05, 0) is 25.7 Å². The number of fused-ring (bicyclic) bond motifs is 1. The van der Waals surface area contributed by atoms with Crippen molar-refractivity contribution in [3.63, 3.8) is 0 Å². The van der Waals surface area contributed by atoms with Crippen LogP contribution in [0.25, 0.3) is 0 Å². The van der Waals surface area contributed by atoms with Crippen LogP contribution in [0.15, 0.2) is 11.5 Å². The zero-order valence-corrected chi connectivity index (χ0v) is 12.8. The highest BCUT2D eigenvalue weighted by molar-refractivity contribution is 7.99. The highest BCUT2D eigenvalue weighted by Gasteiger charge is 2.16. The fourth-order valence-corrected chi connectivity index (χ4v) is 3.85. The van der Waals surface area contributed by atoms with Gasteiger partial charge in [0.25, 0.3) is 0 Å². The fourth-order valence-electron chi connectivity index (χ4n) is 2.09. The van der Waals surface area contributed by atoms with E-state index in [0.717, 1.165) is 28.8 Å². The molecule has 20 heavy (non-hydrogen) atoms. The number of nitrogens with one attached hydrogen (secondary N) is 1. The number of nitrogens with zero attached hydrogens (tertiary/aromatic N) is 4. The number of thiazole rings is 1. The van der Waals surface area contributed by atoms with Crippen LogP contribution in [0.3, 0.4) is 0 Å². The Bertz CT molecular complexity index is 598. The Hall–Kier alpha value is -1.41. The van der Waals surface area contributed by atoms with Crippen molar-refractivity contribution in [3.05, 3.63) is 16.9 Å². The quantitative estimate of drug-likeness (QED) is 0.873. The van der Waals surface area contributed by atoms with Crippen LogP contribution in [0, 0.1) is 0 Å². The molecule has 0 aliphatic heterocycles. The summed E-state index contributed by atoms with van der Waals surface area (Å²) in [5, 5.41) is 12.0. The molecule has 0 aromatic carbocycles. The van der Waals surface area contributed by atoms with Gasteiger partial charge in [-0.15, -0.1) is 21.5 Å². The van der Waals surface area contributed by atoms with E-state index in [2.05, 4.69) is 20.5 Å². The lowest BCUT2D eigenvalue weighted by atomic mass is 10.0. The second-order valence-electron chi connectivity index (χ2n) is 4.66. The number of amides is 1. The first-order chi connectivity index (χ1) is 9.72. The van der Waals surface area contributed by atoms with Crippen molar-refractivity contribution in [1.29, 1.82) is 0 Å². The van der Waals surface area contributed by atoms with E-state index < -0.39 is 0 Å². The molecule has 0 radical (unpaired) electrons. The van der Waals surface area contributed by atoms with E-state index in [1.165, 1.54) is 29.5 Å². The largest absolute Gasteiger partial charge is 0.312 e. The molecule has 0 spiro atoms. The Kier molecular flexibility index (Phi) is 4.02. The van der Waals surface area contributed by atoms with Gasteiger partial charge in [0, 0.05) is 11.9 Å². The predicted octanol–water partition coefficient (Wildman–Crippen LogP) is 1.88. The maximum atomic E-state index is 11.9. The molecule has 0 fully saturated rings. The number of hydrogen-bond acceptors (Lipinski definition) is 6. The minimum atomic E-state index is -0.0518. The third-order valence-corrected chi connectivity index (χ3v) is 5.20. The van der Waals surface area contributed by atoms with Gasteiger partial charge >= 0.3 is 0 Å². The van der Waals surface area contributed by atoms with Crippen molar-refractivity contribution in [2.75, 3.05) is 11.1 Å². The Balaban J connectivity index is 1.56. The molecule has 0 bridgehead atoms. The monoisotopic (exact) mass is 309 g/mol. The molecule has 2 aromatic heterocycles. The van der Waals surface area contributed by atoms with Crippen molar-refractivity contribution in [1.82, 2.24) is 19.7 Å². The smallest absolute Gasteiger partial charge is 0.236 e. The normalized spacial score (nSPS) is 14.1. The van der Waals surface area contributed by atoms with Crippen LogP contribution in [0.2, 0.25) is 0 Å². The van der Waals surface area contributed by atoms with Gasteiger partial charge in [-0.3, -0.25) is 4.79 Å². The number of rotatable bonds is 4. The van der Waals surface area contributed by atoms with Gasteiger partial charge in [0.2, 0.25) is 5.91 Å². The number of hydrogen-bond donors (Lipinski definition) is 1. The van der Waals surface area contributed by atoms with Crippen LogP contribution in [0.4, 0.5) is 5.13 Å². The van der Waals surface area contributed by atoms with Crippen LogP contribution in [0.5, 0.6) is 0 Å². The third kappa shape index (κ3) is 3.01. The number of anilines is 1. The molecule has 2 aromatic rings. The van der Waals surface area contributed by atoms with E-state index in [4.69, 9.17) is 0 Å². The van der Waals surface area contributed by atoms with Gasteiger partial charge in [-0.25, -0.2) is 4.98 Å². The maximum absolute atomic E-state index is 11.9. The molecule has 8 heteroatoms. The predicted molar refractivity (Wildman–Crippen MR) is 79.1 cm³/mol. The molecule has 0 saturated carbocycles. The molecule has 3 rings (SSSR count). The summed E-state index contributed by atoms with van der Waals surface area (Å²) < 4.78 is 1.79. The van der Waals surface area contributed by atoms with E-state index >= 15 is 0 Å². The van der Waals surface area contributed by atoms with Crippen LogP contribution in [0.1, 0.15) is 23.4 Å². The first-order valence-electron chi connectivity index (χ1n) is 6.47. The first-order valence-corrected chi connectivity index (χ1v) is 8.28. The molecule has 1 aliphatic carbocycles. The topological polar surface area (TPSA) is 72.7 Å².